The molecule has 1 N–H and O–H groups in total. The lowest BCUT2D eigenvalue weighted by molar-refractivity contribution is -0.122. The average molecular weight is 397 g/mol. The summed E-state index contributed by atoms with van der Waals surface area (Å²) in [5, 5.41) is 7.18. The fourth-order valence-corrected chi connectivity index (χ4v) is 4.17. The Balaban J connectivity index is 2.22. The van der Waals surface area contributed by atoms with Gasteiger partial charge in [-0.05, 0) is 38.8 Å². The van der Waals surface area contributed by atoms with Crippen LogP contribution in [0.2, 0.25) is 0 Å². The molecule has 0 unspecified atom stereocenters. The Labute approximate surface area is 160 Å². The van der Waals surface area contributed by atoms with Crippen molar-refractivity contribution in [3.8, 4) is 0 Å². The molecule has 2 aromatic heterocycles. The van der Waals surface area contributed by atoms with Crippen LogP contribution in [0.4, 0.5) is 0 Å². The molecule has 0 aliphatic carbocycles. The Kier molecular flexibility index (Phi) is 6.48. The van der Waals surface area contributed by atoms with Crippen LogP contribution in [0, 0.1) is 19.8 Å². The lowest BCUT2D eigenvalue weighted by Gasteiger charge is -2.18. The topological polar surface area (TPSA) is 97.4 Å². The second kappa shape index (κ2) is 8.26. The zero-order chi connectivity index (χ0) is 20.4. The summed E-state index contributed by atoms with van der Waals surface area (Å²) >= 11 is 0. The Morgan fingerprint density at radius 2 is 2.00 bits per heavy atom. The van der Waals surface area contributed by atoms with Gasteiger partial charge in [0.15, 0.2) is 0 Å². The molecule has 0 fully saturated rings. The van der Waals surface area contributed by atoms with Crippen molar-refractivity contribution in [2.45, 2.75) is 58.6 Å². The number of hydrogen-bond acceptors (Lipinski definition) is 5. The van der Waals surface area contributed by atoms with Gasteiger partial charge in [-0.15, -0.1) is 0 Å². The van der Waals surface area contributed by atoms with Crippen LogP contribution in [0.1, 0.15) is 37.9 Å². The average Bonchev–Trinajstić information content (AvgIpc) is 3.15. The number of carbonyl (C=O) groups excluding carboxylic acids is 1. The Morgan fingerprint density at radius 1 is 1.33 bits per heavy atom. The van der Waals surface area contributed by atoms with Crippen LogP contribution < -0.4 is 5.32 Å². The normalized spacial score (nSPS) is 13.3. The molecule has 1 atom stereocenters. The number of nitrogens with one attached hydrogen (secondary N) is 1. The molecule has 2 heterocycles. The van der Waals surface area contributed by atoms with Crippen molar-refractivity contribution < 1.29 is 17.6 Å². The highest BCUT2D eigenvalue weighted by Gasteiger charge is 2.29. The van der Waals surface area contributed by atoms with E-state index in [1.165, 1.54) is 22.3 Å². The molecule has 2 aromatic rings. The van der Waals surface area contributed by atoms with Gasteiger partial charge in [-0.25, -0.2) is 8.42 Å². The number of rotatable bonds is 8. The van der Waals surface area contributed by atoms with E-state index in [1.807, 2.05) is 20.8 Å². The maximum Gasteiger partial charge on any atom is 0.246 e. The number of aryl methyl sites for hydroxylation is 1. The largest absolute Gasteiger partial charge is 0.468 e. The fraction of sp³-hybridized carbons (Fsp3) is 0.556. The van der Waals surface area contributed by atoms with Crippen molar-refractivity contribution in [2.24, 2.45) is 5.92 Å². The molecule has 0 aliphatic heterocycles. The van der Waals surface area contributed by atoms with Gasteiger partial charge >= 0.3 is 0 Å². The summed E-state index contributed by atoms with van der Waals surface area (Å²) in [6.45, 7) is 9.36. The second-order valence-electron chi connectivity index (χ2n) is 7.10. The van der Waals surface area contributed by atoms with Crippen LogP contribution in [-0.4, -0.2) is 41.5 Å². The van der Waals surface area contributed by atoms with Gasteiger partial charge in [-0.1, -0.05) is 13.8 Å². The van der Waals surface area contributed by atoms with E-state index in [-0.39, 0.29) is 29.9 Å². The van der Waals surface area contributed by atoms with Crippen molar-refractivity contribution in [1.82, 2.24) is 19.4 Å². The van der Waals surface area contributed by atoms with Crippen LogP contribution in [-0.2, 0) is 27.9 Å². The summed E-state index contributed by atoms with van der Waals surface area (Å²) < 4.78 is 33.9. The van der Waals surface area contributed by atoms with E-state index in [0.29, 0.717) is 23.1 Å². The van der Waals surface area contributed by atoms with Crippen molar-refractivity contribution in [1.29, 1.82) is 0 Å². The first-order valence-corrected chi connectivity index (χ1v) is 10.3. The van der Waals surface area contributed by atoms with Gasteiger partial charge < -0.3 is 9.73 Å². The standard InChI is InChI=1S/C18H28N4O4S/c1-12(2)13(3)19-17(23)11-22-15(5)18(14(4)20-22)27(24,25)21(6)10-16-8-7-9-26-16/h7-9,12-13H,10-11H2,1-6H3,(H,19,23)/t13-/m1/s1. The Morgan fingerprint density at radius 3 is 2.56 bits per heavy atom. The van der Waals surface area contributed by atoms with E-state index in [4.69, 9.17) is 4.42 Å². The Hall–Kier alpha value is -2.13. The molecule has 2 rings (SSSR count). The van der Waals surface area contributed by atoms with E-state index in [9.17, 15) is 13.2 Å². The molecule has 0 spiro atoms. The van der Waals surface area contributed by atoms with Gasteiger partial charge in [0.25, 0.3) is 0 Å². The first-order valence-electron chi connectivity index (χ1n) is 8.86. The first kappa shape index (κ1) is 21.2. The molecule has 9 heteroatoms. The van der Waals surface area contributed by atoms with Crippen molar-refractivity contribution >= 4 is 15.9 Å². The second-order valence-corrected chi connectivity index (χ2v) is 9.08. The lowest BCUT2D eigenvalue weighted by Crippen LogP contribution is -2.38. The van der Waals surface area contributed by atoms with Crippen molar-refractivity contribution in [2.75, 3.05) is 7.05 Å². The molecule has 0 saturated heterocycles. The maximum atomic E-state index is 13.0. The van der Waals surface area contributed by atoms with Crippen molar-refractivity contribution in [3.63, 3.8) is 0 Å². The zero-order valence-corrected chi connectivity index (χ0v) is 17.5. The molecule has 27 heavy (non-hydrogen) atoms. The van der Waals surface area contributed by atoms with Crippen molar-refractivity contribution in [3.05, 3.63) is 35.5 Å². The molecular formula is C18H28N4O4S. The summed E-state index contributed by atoms with van der Waals surface area (Å²) in [6, 6.07) is 3.45. The monoisotopic (exact) mass is 396 g/mol. The number of sulfonamides is 1. The van der Waals surface area contributed by atoms with Gasteiger partial charge in [0.05, 0.1) is 24.2 Å². The van der Waals surface area contributed by atoms with Gasteiger partial charge in [-0.3, -0.25) is 9.48 Å². The third-order valence-electron chi connectivity index (χ3n) is 4.62. The number of furan rings is 1. The predicted octanol–water partition coefficient (Wildman–Crippen LogP) is 2.07. The minimum Gasteiger partial charge on any atom is -0.468 e. The number of aromatic nitrogens is 2. The van der Waals surface area contributed by atoms with E-state index >= 15 is 0 Å². The van der Waals surface area contributed by atoms with Gasteiger partial charge in [0.1, 0.15) is 17.2 Å². The highest BCUT2D eigenvalue weighted by molar-refractivity contribution is 7.89. The molecule has 1 amide bonds. The van der Waals surface area contributed by atoms with Crippen LogP contribution >= 0.6 is 0 Å². The summed E-state index contributed by atoms with van der Waals surface area (Å²) in [7, 11) is -2.28. The quantitative estimate of drug-likeness (QED) is 0.737. The number of nitrogens with zero attached hydrogens (tertiary/aromatic N) is 3. The van der Waals surface area contributed by atoms with E-state index in [0.717, 1.165) is 0 Å². The maximum absolute atomic E-state index is 13.0. The molecule has 0 aromatic carbocycles. The molecule has 8 nitrogen and oxygen atoms in total. The zero-order valence-electron chi connectivity index (χ0n) is 16.7. The van der Waals surface area contributed by atoms with Crippen LogP contribution in [0.25, 0.3) is 0 Å². The molecule has 150 valence electrons. The third-order valence-corrected chi connectivity index (χ3v) is 6.68. The van der Waals surface area contributed by atoms with Gasteiger partial charge in [0.2, 0.25) is 15.9 Å². The lowest BCUT2D eigenvalue weighted by atomic mass is 10.1. The highest BCUT2D eigenvalue weighted by Crippen LogP contribution is 2.24. The minimum atomic E-state index is -3.77. The van der Waals surface area contributed by atoms with Gasteiger partial charge in [0, 0.05) is 13.1 Å². The molecule has 0 radical (unpaired) electrons. The van der Waals surface area contributed by atoms with E-state index < -0.39 is 10.0 Å². The Bertz CT molecular complexity index is 885. The van der Waals surface area contributed by atoms with Crippen LogP contribution in [0.15, 0.2) is 27.7 Å². The summed E-state index contributed by atoms with van der Waals surface area (Å²) in [6.07, 6.45) is 1.50. The van der Waals surface area contributed by atoms with Gasteiger partial charge in [-0.2, -0.15) is 9.40 Å². The highest BCUT2D eigenvalue weighted by atomic mass is 32.2. The predicted molar refractivity (Wildman–Crippen MR) is 102 cm³/mol. The molecular weight excluding hydrogens is 368 g/mol. The molecule has 0 aliphatic rings. The first-order chi connectivity index (χ1) is 12.5. The number of hydrogen-bond donors (Lipinski definition) is 1. The van der Waals surface area contributed by atoms with Crippen LogP contribution in [0.5, 0.6) is 0 Å². The molecule has 0 bridgehead atoms. The summed E-state index contributed by atoms with van der Waals surface area (Å²) in [4.78, 5) is 12.4. The minimum absolute atomic E-state index is 0.0251. The smallest absolute Gasteiger partial charge is 0.246 e. The SMILES string of the molecule is Cc1nn(CC(=O)N[C@H](C)C(C)C)c(C)c1S(=O)(=O)N(C)Cc1ccco1. The third kappa shape index (κ3) is 4.78. The summed E-state index contributed by atoms with van der Waals surface area (Å²) in [5.41, 5.74) is 0.801. The van der Waals surface area contributed by atoms with E-state index in [1.54, 1.807) is 26.0 Å². The fourth-order valence-electron chi connectivity index (χ4n) is 2.67. The summed E-state index contributed by atoms with van der Waals surface area (Å²) in [5.74, 6) is 0.654. The molecule has 0 saturated carbocycles. The number of carbonyl (C=O) groups is 1. The van der Waals surface area contributed by atoms with E-state index in [2.05, 4.69) is 10.4 Å². The number of amides is 1. The van der Waals surface area contributed by atoms with Crippen LogP contribution in [0.3, 0.4) is 0 Å².